The normalized spacial score (nSPS) is 9.94. The van der Waals surface area contributed by atoms with E-state index in [9.17, 15) is 9.59 Å². The number of carbonyl (C=O) groups is 2. The summed E-state index contributed by atoms with van der Waals surface area (Å²) in [5, 5.41) is 0. The van der Waals surface area contributed by atoms with E-state index in [1.807, 2.05) is 19.1 Å². The fourth-order valence-corrected chi connectivity index (χ4v) is 1.48. The Bertz CT molecular complexity index is 381. The number of hydrogen-bond acceptors (Lipinski definition) is 2. The van der Waals surface area contributed by atoms with E-state index in [1.165, 1.54) is 0 Å². The van der Waals surface area contributed by atoms with E-state index in [0.29, 0.717) is 18.5 Å². The van der Waals surface area contributed by atoms with Gasteiger partial charge in [-0.1, -0.05) is 31.2 Å². The first-order chi connectivity index (χ1) is 7.54. The molecule has 0 aliphatic rings. The van der Waals surface area contributed by atoms with Gasteiger partial charge in [0.25, 0.3) is 0 Å². The maximum absolute atomic E-state index is 11.4. The van der Waals surface area contributed by atoms with Crippen LogP contribution in [0.2, 0.25) is 0 Å². The standard InChI is InChI=1S/C13H17NO2/c1-4-13(16)14(3)9-11-5-7-12(8-6-11)10(2)15/h5-8H,4,9H2,1-3H3. The molecule has 1 amide bonds. The maximum Gasteiger partial charge on any atom is 0.222 e. The first-order valence-corrected chi connectivity index (χ1v) is 5.38. The van der Waals surface area contributed by atoms with Gasteiger partial charge < -0.3 is 4.90 Å². The van der Waals surface area contributed by atoms with Crippen LogP contribution in [0.25, 0.3) is 0 Å². The van der Waals surface area contributed by atoms with E-state index in [1.54, 1.807) is 31.0 Å². The molecule has 0 aliphatic carbocycles. The van der Waals surface area contributed by atoms with E-state index < -0.39 is 0 Å². The SMILES string of the molecule is CCC(=O)N(C)Cc1ccc(C(C)=O)cc1. The van der Waals surface area contributed by atoms with Crippen LogP contribution in [0, 0.1) is 0 Å². The molecule has 0 radical (unpaired) electrons. The minimum Gasteiger partial charge on any atom is -0.341 e. The van der Waals surface area contributed by atoms with Crippen molar-refractivity contribution in [3.63, 3.8) is 0 Å². The molecule has 0 unspecified atom stereocenters. The highest BCUT2D eigenvalue weighted by atomic mass is 16.2. The molecule has 0 spiro atoms. The fraction of sp³-hybridized carbons (Fsp3) is 0.385. The topological polar surface area (TPSA) is 37.4 Å². The van der Waals surface area contributed by atoms with Crippen molar-refractivity contribution in [1.29, 1.82) is 0 Å². The van der Waals surface area contributed by atoms with Gasteiger partial charge in [-0.05, 0) is 12.5 Å². The van der Waals surface area contributed by atoms with Crippen LogP contribution < -0.4 is 0 Å². The van der Waals surface area contributed by atoms with Gasteiger partial charge in [0.1, 0.15) is 0 Å². The van der Waals surface area contributed by atoms with Crippen molar-refractivity contribution >= 4 is 11.7 Å². The molecule has 1 aromatic carbocycles. The van der Waals surface area contributed by atoms with Crippen LogP contribution in [0.3, 0.4) is 0 Å². The Hall–Kier alpha value is -1.64. The molecule has 0 saturated carbocycles. The Morgan fingerprint density at radius 3 is 2.19 bits per heavy atom. The second-order valence-electron chi connectivity index (χ2n) is 3.86. The number of ketones is 1. The van der Waals surface area contributed by atoms with Gasteiger partial charge in [0.2, 0.25) is 5.91 Å². The van der Waals surface area contributed by atoms with Gasteiger partial charge in [-0.25, -0.2) is 0 Å². The van der Waals surface area contributed by atoms with E-state index in [-0.39, 0.29) is 11.7 Å². The Morgan fingerprint density at radius 1 is 1.19 bits per heavy atom. The smallest absolute Gasteiger partial charge is 0.222 e. The highest BCUT2D eigenvalue weighted by Gasteiger charge is 2.06. The monoisotopic (exact) mass is 219 g/mol. The van der Waals surface area contributed by atoms with Gasteiger partial charge in [-0.15, -0.1) is 0 Å². The van der Waals surface area contributed by atoms with Crippen molar-refractivity contribution in [3.05, 3.63) is 35.4 Å². The molecule has 3 heteroatoms. The molecule has 0 N–H and O–H groups in total. The van der Waals surface area contributed by atoms with Crippen molar-refractivity contribution in [2.24, 2.45) is 0 Å². The number of Topliss-reactive ketones (excluding diaryl/α,β-unsaturated/α-hetero) is 1. The first-order valence-electron chi connectivity index (χ1n) is 5.38. The van der Waals surface area contributed by atoms with Gasteiger partial charge in [0.05, 0.1) is 0 Å². The Morgan fingerprint density at radius 2 is 1.75 bits per heavy atom. The van der Waals surface area contributed by atoms with E-state index in [4.69, 9.17) is 0 Å². The van der Waals surface area contributed by atoms with Crippen molar-refractivity contribution in [2.75, 3.05) is 7.05 Å². The Kier molecular flexibility index (Phi) is 4.23. The summed E-state index contributed by atoms with van der Waals surface area (Å²) in [4.78, 5) is 24.1. The van der Waals surface area contributed by atoms with Gasteiger partial charge in [-0.2, -0.15) is 0 Å². The maximum atomic E-state index is 11.4. The summed E-state index contributed by atoms with van der Waals surface area (Å²) in [6, 6.07) is 7.36. The predicted molar refractivity (Wildman–Crippen MR) is 63.2 cm³/mol. The summed E-state index contributed by atoms with van der Waals surface area (Å²) in [5.74, 6) is 0.181. The summed E-state index contributed by atoms with van der Waals surface area (Å²) in [6.45, 7) is 3.98. The largest absolute Gasteiger partial charge is 0.341 e. The third kappa shape index (κ3) is 3.19. The lowest BCUT2D eigenvalue weighted by Gasteiger charge is -2.16. The van der Waals surface area contributed by atoms with E-state index in [0.717, 1.165) is 5.56 Å². The molecule has 0 saturated heterocycles. The highest BCUT2D eigenvalue weighted by Crippen LogP contribution is 2.08. The average molecular weight is 219 g/mol. The Balaban J connectivity index is 2.68. The van der Waals surface area contributed by atoms with Crippen molar-refractivity contribution in [3.8, 4) is 0 Å². The lowest BCUT2D eigenvalue weighted by atomic mass is 10.1. The zero-order chi connectivity index (χ0) is 12.1. The quantitative estimate of drug-likeness (QED) is 0.728. The summed E-state index contributed by atoms with van der Waals surface area (Å²) in [7, 11) is 1.78. The van der Waals surface area contributed by atoms with Crippen LogP contribution in [-0.4, -0.2) is 23.6 Å². The predicted octanol–water partition coefficient (Wildman–Crippen LogP) is 2.26. The molecule has 0 heterocycles. The molecule has 1 rings (SSSR count). The second kappa shape index (κ2) is 5.45. The molecule has 0 aromatic heterocycles. The molecule has 86 valence electrons. The summed E-state index contributed by atoms with van der Waals surface area (Å²) < 4.78 is 0. The number of amides is 1. The number of nitrogens with zero attached hydrogens (tertiary/aromatic N) is 1. The molecule has 0 fully saturated rings. The van der Waals surface area contributed by atoms with Gasteiger partial charge in [-0.3, -0.25) is 9.59 Å². The third-order valence-electron chi connectivity index (χ3n) is 2.51. The minimum atomic E-state index is 0.0598. The fourth-order valence-electron chi connectivity index (χ4n) is 1.48. The first kappa shape index (κ1) is 12.4. The molecular weight excluding hydrogens is 202 g/mol. The lowest BCUT2D eigenvalue weighted by molar-refractivity contribution is -0.130. The summed E-state index contributed by atoms with van der Waals surface area (Å²) in [6.07, 6.45) is 0.516. The molecule has 16 heavy (non-hydrogen) atoms. The van der Waals surface area contributed by atoms with Crippen LogP contribution in [0.15, 0.2) is 24.3 Å². The van der Waals surface area contributed by atoms with Crippen LogP contribution >= 0.6 is 0 Å². The molecule has 3 nitrogen and oxygen atoms in total. The van der Waals surface area contributed by atoms with Crippen molar-refractivity contribution in [1.82, 2.24) is 4.90 Å². The Labute approximate surface area is 96.1 Å². The molecule has 0 bridgehead atoms. The lowest BCUT2D eigenvalue weighted by Crippen LogP contribution is -2.25. The zero-order valence-corrected chi connectivity index (χ0v) is 9.99. The second-order valence-corrected chi connectivity index (χ2v) is 3.86. The van der Waals surface area contributed by atoms with Crippen molar-refractivity contribution in [2.45, 2.75) is 26.8 Å². The van der Waals surface area contributed by atoms with E-state index >= 15 is 0 Å². The van der Waals surface area contributed by atoms with Crippen LogP contribution in [0.4, 0.5) is 0 Å². The van der Waals surface area contributed by atoms with Gasteiger partial charge in [0, 0.05) is 25.6 Å². The van der Waals surface area contributed by atoms with Gasteiger partial charge in [0.15, 0.2) is 5.78 Å². The summed E-state index contributed by atoms with van der Waals surface area (Å²) >= 11 is 0. The van der Waals surface area contributed by atoms with Crippen LogP contribution in [-0.2, 0) is 11.3 Å². The molecular formula is C13H17NO2. The molecule has 0 atom stereocenters. The highest BCUT2D eigenvalue weighted by molar-refractivity contribution is 5.94. The average Bonchev–Trinajstić information content (AvgIpc) is 2.28. The van der Waals surface area contributed by atoms with E-state index in [2.05, 4.69) is 0 Å². The third-order valence-corrected chi connectivity index (χ3v) is 2.51. The number of carbonyl (C=O) groups excluding carboxylic acids is 2. The number of rotatable bonds is 4. The number of benzene rings is 1. The van der Waals surface area contributed by atoms with Crippen LogP contribution in [0.5, 0.6) is 0 Å². The number of hydrogen-bond donors (Lipinski definition) is 0. The molecule has 0 aliphatic heterocycles. The van der Waals surface area contributed by atoms with Crippen LogP contribution in [0.1, 0.15) is 36.2 Å². The van der Waals surface area contributed by atoms with Gasteiger partial charge >= 0.3 is 0 Å². The molecule has 1 aromatic rings. The van der Waals surface area contributed by atoms with Crippen molar-refractivity contribution < 1.29 is 9.59 Å². The summed E-state index contributed by atoms with van der Waals surface area (Å²) in [5.41, 5.74) is 1.74. The minimum absolute atomic E-state index is 0.0598. The zero-order valence-electron chi connectivity index (χ0n) is 9.99.